The van der Waals surface area contributed by atoms with Crippen LogP contribution in [0.1, 0.15) is 71.6 Å². The highest BCUT2D eigenvalue weighted by Crippen LogP contribution is 2.65. The van der Waals surface area contributed by atoms with Crippen molar-refractivity contribution >= 4 is 11.6 Å². The zero-order chi connectivity index (χ0) is 21.6. The largest absolute Gasteiger partial charge is 0.381 e. The molecule has 0 heterocycles. The molecule has 5 nitrogen and oxygen atoms in total. The molecule has 2 fully saturated rings. The minimum atomic E-state index is -1.31. The SMILES string of the molecule is C[C@]12CCC(=O)C=C1CCC1C2=CC[C@@]2(C)C1CC[C@]2(O)C(=O)COCCCCN. The van der Waals surface area contributed by atoms with Gasteiger partial charge in [0, 0.05) is 23.9 Å². The van der Waals surface area contributed by atoms with Gasteiger partial charge in [-0.3, -0.25) is 9.59 Å². The number of carbonyl (C=O) groups excluding carboxylic acids is 2. The molecule has 5 heteroatoms. The molecule has 0 radical (unpaired) electrons. The van der Waals surface area contributed by atoms with Crippen molar-refractivity contribution in [3.8, 4) is 0 Å². The Morgan fingerprint density at radius 3 is 2.80 bits per heavy atom. The third-order valence-corrected chi connectivity index (χ3v) is 8.93. The average molecular weight is 416 g/mol. The van der Waals surface area contributed by atoms with E-state index < -0.39 is 11.0 Å². The van der Waals surface area contributed by atoms with Crippen LogP contribution in [0.15, 0.2) is 23.3 Å². The Morgan fingerprint density at radius 2 is 2.03 bits per heavy atom. The van der Waals surface area contributed by atoms with Crippen LogP contribution in [0.5, 0.6) is 0 Å². The van der Waals surface area contributed by atoms with Crippen LogP contribution >= 0.6 is 0 Å². The van der Waals surface area contributed by atoms with Gasteiger partial charge in [-0.2, -0.15) is 0 Å². The van der Waals surface area contributed by atoms with E-state index in [1.807, 2.05) is 6.08 Å². The summed E-state index contributed by atoms with van der Waals surface area (Å²) in [5.41, 5.74) is 6.48. The number of rotatable bonds is 7. The van der Waals surface area contributed by atoms with Crippen LogP contribution < -0.4 is 5.73 Å². The number of nitrogens with two attached hydrogens (primary N) is 1. The summed E-state index contributed by atoms with van der Waals surface area (Å²) in [6, 6.07) is 0. The monoisotopic (exact) mass is 415 g/mol. The molecule has 4 aliphatic rings. The fourth-order valence-corrected chi connectivity index (χ4v) is 6.96. The molecular formula is C25H37NO4. The van der Waals surface area contributed by atoms with E-state index in [0.29, 0.717) is 37.8 Å². The number of carbonyl (C=O) groups is 2. The van der Waals surface area contributed by atoms with Crippen LogP contribution in [-0.4, -0.2) is 42.0 Å². The maximum Gasteiger partial charge on any atom is 0.190 e. The molecule has 2 unspecified atom stereocenters. The van der Waals surface area contributed by atoms with Crippen LogP contribution in [-0.2, 0) is 14.3 Å². The number of ketones is 2. The Labute approximate surface area is 180 Å². The van der Waals surface area contributed by atoms with Gasteiger partial charge in [-0.25, -0.2) is 0 Å². The van der Waals surface area contributed by atoms with Crippen LogP contribution in [0.3, 0.4) is 0 Å². The van der Waals surface area contributed by atoms with E-state index in [4.69, 9.17) is 10.5 Å². The van der Waals surface area contributed by atoms with Crippen molar-refractivity contribution in [1.82, 2.24) is 0 Å². The Kier molecular flexibility index (Phi) is 5.84. The van der Waals surface area contributed by atoms with E-state index in [2.05, 4.69) is 19.9 Å². The summed E-state index contributed by atoms with van der Waals surface area (Å²) in [7, 11) is 0. The molecule has 0 saturated heterocycles. The molecule has 0 aliphatic heterocycles. The molecule has 2 saturated carbocycles. The third kappa shape index (κ3) is 3.25. The third-order valence-electron chi connectivity index (χ3n) is 8.93. The van der Waals surface area contributed by atoms with Gasteiger partial charge in [-0.15, -0.1) is 0 Å². The zero-order valence-electron chi connectivity index (χ0n) is 18.5. The predicted octanol–water partition coefficient (Wildman–Crippen LogP) is 3.49. The summed E-state index contributed by atoms with van der Waals surface area (Å²) in [6.45, 7) is 5.53. The van der Waals surface area contributed by atoms with Gasteiger partial charge in [0.15, 0.2) is 11.6 Å². The molecule has 0 aromatic rings. The molecular weight excluding hydrogens is 378 g/mol. The molecule has 4 rings (SSSR count). The molecule has 30 heavy (non-hydrogen) atoms. The normalized spacial score (nSPS) is 40.2. The fraction of sp³-hybridized carbons (Fsp3) is 0.760. The average Bonchev–Trinajstić information content (AvgIpc) is 3.00. The zero-order valence-corrected chi connectivity index (χ0v) is 18.5. The number of hydrogen-bond acceptors (Lipinski definition) is 5. The van der Waals surface area contributed by atoms with Crippen LogP contribution in [0.2, 0.25) is 0 Å². The van der Waals surface area contributed by atoms with Crippen molar-refractivity contribution in [2.45, 2.75) is 77.2 Å². The van der Waals surface area contributed by atoms with Crippen molar-refractivity contribution in [1.29, 1.82) is 0 Å². The van der Waals surface area contributed by atoms with Gasteiger partial charge >= 0.3 is 0 Å². The number of allylic oxidation sites excluding steroid dienone is 4. The Hall–Kier alpha value is -1.30. The van der Waals surface area contributed by atoms with Gasteiger partial charge < -0.3 is 15.6 Å². The van der Waals surface area contributed by atoms with E-state index >= 15 is 0 Å². The second-order valence-electron chi connectivity index (χ2n) is 10.4. The smallest absolute Gasteiger partial charge is 0.190 e. The van der Waals surface area contributed by atoms with Crippen molar-refractivity contribution in [2.24, 2.45) is 28.4 Å². The number of fused-ring (bicyclic) bond motifs is 5. The lowest BCUT2D eigenvalue weighted by Crippen LogP contribution is -2.55. The highest BCUT2D eigenvalue weighted by atomic mass is 16.5. The molecule has 0 spiro atoms. The molecule has 4 aliphatic carbocycles. The van der Waals surface area contributed by atoms with Crippen LogP contribution in [0.25, 0.3) is 0 Å². The van der Waals surface area contributed by atoms with Gasteiger partial charge in [0.2, 0.25) is 0 Å². The first-order chi connectivity index (χ1) is 14.3. The first-order valence-corrected chi connectivity index (χ1v) is 11.7. The van der Waals surface area contributed by atoms with Crippen molar-refractivity contribution in [2.75, 3.05) is 19.8 Å². The molecule has 0 aromatic heterocycles. The number of Topliss-reactive ketones (excluding diaryl/α,β-unsaturated/α-hetero) is 1. The van der Waals surface area contributed by atoms with Crippen molar-refractivity contribution in [3.63, 3.8) is 0 Å². The number of hydrogen-bond donors (Lipinski definition) is 2. The first-order valence-electron chi connectivity index (χ1n) is 11.7. The maximum absolute atomic E-state index is 13.1. The summed E-state index contributed by atoms with van der Waals surface area (Å²) < 4.78 is 5.58. The van der Waals surface area contributed by atoms with E-state index in [9.17, 15) is 14.7 Å². The molecule has 166 valence electrons. The van der Waals surface area contributed by atoms with Gasteiger partial charge in [0.1, 0.15) is 12.2 Å². The molecule has 0 bridgehead atoms. The van der Waals surface area contributed by atoms with Crippen LogP contribution in [0.4, 0.5) is 0 Å². The first kappa shape index (κ1) is 21.9. The topological polar surface area (TPSA) is 89.6 Å². The fourth-order valence-electron chi connectivity index (χ4n) is 6.96. The van der Waals surface area contributed by atoms with E-state index in [0.717, 1.165) is 44.9 Å². The van der Waals surface area contributed by atoms with E-state index in [1.54, 1.807) is 0 Å². The van der Waals surface area contributed by atoms with Crippen molar-refractivity contribution < 1.29 is 19.4 Å². The lowest BCUT2D eigenvalue weighted by atomic mass is 9.50. The number of ether oxygens (including phenoxy) is 1. The van der Waals surface area contributed by atoms with Gasteiger partial charge in [-0.05, 0) is 75.8 Å². The van der Waals surface area contributed by atoms with Gasteiger partial charge in [0.05, 0.1) is 0 Å². The summed E-state index contributed by atoms with van der Waals surface area (Å²) in [4.78, 5) is 25.1. The van der Waals surface area contributed by atoms with Crippen LogP contribution in [0, 0.1) is 22.7 Å². The van der Waals surface area contributed by atoms with E-state index in [-0.39, 0.29) is 23.6 Å². The molecule has 5 atom stereocenters. The van der Waals surface area contributed by atoms with Gasteiger partial charge in [-0.1, -0.05) is 31.1 Å². The minimum Gasteiger partial charge on any atom is -0.381 e. The number of unbranched alkanes of at least 4 members (excludes halogenated alkanes) is 1. The Balaban J connectivity index is 1.54. The van der Waals surface area contributed by atoms with Crippen molar-refractivity contribution in [3.05, 3.63) is 23.3 Å². The number of aliphatic hydroxyl groups is 1. The van der Waals surface area contributed by atoms with E-state index in [1.165, 1.54) is 11.1 Å². The minimum absolute atomic E-state index is 0.0165. The molecule has 0 amide bonds. The second kappa shape index (κ2) is 7.99. The summed E-state index contributed by atoms with van der Waals surface area (Å²) >= 11 is 0. The Morgan fingerprint density at radius 1 is 1.23 bits per heavy atom. The maximum atomic E-state index is 13.1. The second-order valence-corrected chi connectivity index (χ2v) is 10.4. The van der Waals surface area contributed by atoms with Gasteiger partial charge in [0.25, 0.3) is 0 Å². The summed E-state index contributed by atoms with van der Waals surface area (Å²) in [5.74, 6) is 0.795. The lowest BCUT2D eigenvalue weighted by Gasteiger charge is -2.54. The highest BCUT2D eigenvalue weighted by molar-refractivity contribution is 5.92. The lowest BCUT2D eigenvalue weighted by molar-refractivity contribution is -0.157. The summed E-state index contributed by atoms with van der Waals surface area (Å²) in [5, 5.41) is 11.6. The summed E-state index contributed by atoms with van der Waals surface area (Å²) in [6.07, 6.45) is 11.5. The predicted molar refractivity (Wildman–Crippen MR) is 116 cm³/mol. The Bertz CT molecular complexity index is 786. The molecule has 3 N–H and O–H groups in total. The molecule has 0 aromatic carbocycles. The standard InChI is InChI=1S/C25H37NO4/c1-23-10-7-18(27)15-17(23)5-6-19-20(23)8-11-24(2)21(19)9-12-25(24,29)22(28)16-30-14-4-3-13-26/h8,15,19,21,29H,3-7,9-14,16,26H2,1-2H3/t19?,21?,23-,24-,25-/m0/s1. The highest BCUT2D eigenvalue weighted by Gasteiger charge is 2.64. The quantitative estimate of drug-likeness (QED) is 0.491.